The molecule has 1 saturated heterocycles. The molecule has 1 unspecified atom stereocenters. The Balaban J connectivity index is 2.36. The van der Waals surface area contributed by atoms with E-state index in [4.69, 9.17) is 4.74 Å². The molecular formula is C15H21NO4S. The van der Waals surface area contributed by atoms with Crippen LogP contribution in [0.3, 0.4) is 0 Å². The lowest BCUT2D eigenvalue weighted by atomic mass is 10.2. The molecule has 5 nitrogen and oxygen atoms in total. The lowest BCUT2D eigenvalue weighted by Gasteiger charge is -2.23. The van der Waals surface area contributed by atoms with E-state index in [0.717, 1.165) is 5.56 Å². The zero-order valence-corrected chi connectivity index (χ0v) is 13.4. The molecule has 0 saturated carbocycles. The molecule has 1 atom stereocenters. The largest absolute Gasteiger partial charge is 0.465 e. The zero-order valence-electron chi connectivity index (χ0n) is 12.6. The fraction of sp³-hybridized carbons (Fsp3) is 0.533. The second-order valence-electron chi connectivity index (χ2n) is 5.29. The molecule has 0 spiro atoms. The normalized spacial score (nSPS) is 19.7. The van der Waals surface area contributed by atoms with Crippen LogP contribution in [-0.4, -0.2) is 37.9 Å². The number of hydrogen-bond acceptors (Lipinski definition) is 4. The number of aryl methyl sites for hydroxylation is 2. The van der Waals surface area contributed by atoms with Crippen molar-refractivity contribution in [3.05, 3.63) is 29.3 Å². The number of carbonyl (C=O) groups is 1. The van der Waals surface area contributed by atoms with Crippen molar-refractivity contribution in [2.24, 2.45) is 0 Å². The van der Waals surface area contributed by atoms with Gasteiger partial charge in [0.05, 0.1) is 11.5 Å². The molecule has 21 heavy (non-hydrogen) atoms. The molecule has 116 valence electrons. The summed E-state index contributed by atoms with van der Waals surface area (Å²) in [6, 6.07) is 4.52. The molecule has 0 amide bonds. The molecule has 2 rings (SSSR count). The van der Waals surface area contributed by atoms with Gasteiger partial charge in [-0.3, -0.25) is 4.79 Å². The minimum absolute atomic E-state index is 0.257. The number of carbonyl (C=O) groups excluding carboxylic acids is 1. The van der Waals surface area contributed by atoms with Gasteiger partial charge < -0.3 is 4.74 Å². The van der Waals surface area contributed by atoms with Gasteiger partial charge in [-0.1, -0.05) is 17.7 Å². The third-order valence-corrected chi connectivity index (χ3v) is 5.75. The van der Waals surface area contributed by atoms with Gasteiger partial charge in [-0.15, -0.1) is 0 Å². The van der Waals surface area contributed by atoms with E-state index in [9.17, 15) is 13.2 Å². The van der Waals surface area contributed by atoms with Crippen molar-refractivity contribution in [3.63, 3.8) is 0 Å². The summed E-state index contributed by atoms with van der Waals surface area (Å²) in [4.78, 5) is 12.2. The van der Waals surface area contributed by atoms with Crippen LogP contribution in [0.2, 0.25) is 0 Å². The fourth-order valence-electron chi connectivity index (χ4n) is 2.72. The summed E-state index contributed by atoms with van der Waals surface area (Å²) in [6.45, 7) is 6.03. The van der Waals surface area contributed by atoms with E-state index in [2.05, 4.69) is 0 Å². The Labute approximate surface area is 126 Å². The molecule has 1 aliphatic heterocycles. The minimum atomic E-state index is -3.67. The van der Waals surface area contributed by atoms with Gasteiger partial charge in [-0.05, 0) is 45.2 Å². The van der Waals surface area contributed by atoms with Crippen LogP contribution in [0.1, 0.15) is 30.9 Å². The van der Waals surface area contributed by atoms with E-state index in [0.29, 0.717) is 24.9 Å². The zero-order chi connectivity index (χ0) is 15.6. The van der Waals surface area contributed by atoms with E-state index in [1.165, 1.54) is 4.31 Å². The molecule has 0 aromatic heterocycles. The molecule has 0 radical (unpaired) electrons. The molecule has 1 heterocycles. The van der Waals surface area contributed by atoms with Gasteiger partial charge in [0.25, 0.3) is 0 Å². The molecule has 0 N–H and O–H groups in total. The van der Waals surface area contributed by atoms with E-state index in [1.807, 2.05) is 13.0 Å². The molecule has 1 aromatic carbocycles. The van der Waals surface area contributed by atoms with Crippen LogP contribution in [0.4, 0.5) is 0 Å². The first-order valence-electron chi connectivity index (χ1n) is 7.13. The predicted octanol–water partition coefficient (Wildman–Crippen LogP) is 2.02. The van der Waals surface area contributed by atoms with Crippen LogP contribution in [0, 0.1) is 13.8 Å². The average molecular weight is 311 g/mol. The first kappa shape index (κ1) is 16.0. The van der Waals surface area contributed by atoms with Gasteiger partial charge in [0.2, 0.25) is 10.0 Å². The second kappa shape index (κ2) is 6.15. The number of benzene rings is 1. The standard InChI is InChI=1S/C15H21NO4S/c1-4-20-15(17)13-6-5-9-16(13)21(18,19)14-8-7-11(2)10-12(14)3/h7-8,10,13H,4-6,9H2,1-3H3. The number of esters is 1. The molecule has 1 fully saturated rings. The molecule has 6 heteroatoms. The quantitative estimate of drug-likeness (QED) is 0.798. The number of rotatable bonds is 4. The van der Waals surface area contributed by atoms with E-state index in [1.54, 1.807) is 26.0 Å². The monoisotopic (exact) mass is 311 g/mol. The molecule has 1 aliphatic rings. The topological polar surface area (TPSA) is 63.7 Å². The van der Waals surface area contributed by atoms with Crippen molar-refractivity contribution in [1.82, 2.24) is 4.31 Å². The minimum Gasteiger partial charge on any atom is -0.465 e. The summed E-state index contributed by atoms with van der Waals surface area (Å²) in [5, 5.41) is 0. The molecule has 0 bridgehead atoms. The third-order valence-electron chi connectivity index (χ3n) is 3.68. The van der Waals surface area contributed by atoms with E-state index >= 15 is 0 Å². The summed E-state index contributed by atoms with van der Waals surface area (Å²) in [5.41, 5.74) is 1.71. The highest BCUT2D eigenvalue weighted by molar-refractivity contribution is 7.89. The molecule has 0 aliphatic carbocycles. The summed E-state index contributed by atoms with van der Waals surface area (Å²) in [6.07, 6.45) is 1.19. The Kier molecular flexibility index (Phi) is 4.68. The first-order chi connectivity index (χ1) is 9.87. The summed E-state index contributed by atoms with van der Waals surface area (Å²) >= 11 is 0. The number of hydrogen-bond donors (Lipinski definition) is 0. The number of ether oxygens (including phenoxy) is 1. The number of sulfonamides is 1. The molecule has 1 aromatic rings. The van der Waals surface area contributed by atoms with E-state index in [-0.39, 0.29) is 11.5 Å². The van der Waals surface area contributed by atoms with Gasteiger partial charge in [-0.2, -0.15) is 4.31 Å². The van der Waals surface area contributed by atoms with Crippen molar-refractivity contribution in [1.29, 1.82) is 0 Å². The van der Waals surface area contributed by atoms with Gasteiger partial charge in [0, 0.05) is 6.54 Å². The lowest BCUT2D eigenvalue weighted by Crippen LogP contribution is -2.41. The Bertz CT molecular complexity index is 639. The van der Waals surface area contributed by atoms with Crippen LogP contribution in [0.25, 0.3) is 0 Å². The highest BCUT2D eigenvalue weighted by Gasteiger charge is 2.40. The Morgan fingerprint density at radius 1 is 1.38 bits per heavy atom. The summed E-state index contributed by atoms with van der Waals surface area (Å²) < 4.78 is 31.9. The van der Waals surface area contributed by atoms with Crippen molar-refractivity contribution in [2.75, 3.05) is 13.2 Å². The third kappa shape index (κ3) is 3.11. The Hall–Kier alpha value is -1.40. The highest BCUT2D eigenvalue weighted by atomic mass is 32.2. The predicted molar refractivity (Wildman–Crippen MR) is 79.5 cm³/mol. The fourth-order valence-corrected chi connectivity index (χ4v) is 4.57. The van der Waals surface area contributed by atoms with Crippen LogP contribution in [0.5, 0.6) is 0 Å². The van der Waals surface area contributed by atoms with Crippen molar-refractivity contribution in [2.45, 2.75) is 44.6 Å². The van der Waals surface area contributed by atoms with Crippen molar-refractivity contribution >= 4 is 16.0 Å². The van der Waals surface area contributed by atoms with Crippen LogP contribution < -0.4 is 0 Å². The van der Waals surface area contributed by atoms with Crippen molar-refractivity contribution in [3.8, 4) is 0 Å². The molecular weight excluding hydrogens is 290 g/mol. The maximum Gasteiger partial charge on any atom is 0.324 e. The second-order valence-corrected chi connectivity index (χ2v) is 7.15. The SMILES string of the molecule is CCOC(=O)C1CCCN1S(=O)(=O)c1ccc(C)cc1C. The Morgan fingerprint density at radius 3 is 2.71 bits per heavy atom. The summed E-state index contributed by atoms with van der Waals surface area (Å²) in [5.74, 6) is -0.455. The van der Waals surface area contributed by atoms with Gasteiger partial charge in [-0.25, -0.2) is 8.42 Å². The smallest absolute Gasteiger partial charge is 0.324 e. The maximum absolute atomic E-state index is 12.8. The van der Waals surface area contributed by atoms with Crippen molar-refractivity contribution < 1.29 is 17.9 Å². The van der Waals surface area contributed by atoms with E-state index < -0.39 is 22.0 Å². The average Bonchev–Trinajstić information content (AvgIpc) is 2.88. The van der Waals surface area contributed by atoms with Crippen LogP contribution >= 0.6 is 0 Å². The van der Waals surface area contributed by atoms with Gasteiger partial charge in [0.1, 0.15) is 6.04 Å². The lowest BCUT2D eigenvalue weighted by molar-refractivity contribution is -0.146. The Morgan fingerprint density at radius 2 is 2.10 bits per heavy atom. The van der Waals surface area contributed by atoms with Crippen LogP contribution in [-0.2, 0) is 19.6 Å². The van der Waals surface area contributed by atoms with Crippen LogP contribution in [0.15, 0.2) is 23.1 Å². The summed E-state index contributed by atoms with van der Waals surface area (Å²) in [7, 11) is -3.67. The first-order valence-corrected chi connectivity index (χ1v) is 8.57. The van der Waals surface area contributed by atoms with Gasteiger partial charge >= 0.3 is 5.97 Å². The maximum atomic E-state index is 12.8. The highest BCUT2D eigenvalue weighted by Crippen LogP contribution is 2.28. The van der Waals surface area contributed by atoms with Gasteiger partial charge in [0.15, 0.2) is 0 Å². The number of nitrogens with zero attached hydrogens (tertiary/aromatic N) is 1.